The van der Waals surface area contributed by atoms with Gasteiger partial charge in [-0.25, -0.2) is 16.8 Å². The van der Waals surface area contributed by atoms with Crippen molar-refractivity contribution < 1.29 is 52.8 Å². The summed E-state index contributed by atoms with van der Waals surface area (Å²) >= 11 is 0. The van der Waals surface area contributed by atoms with Crippen molar-refractivity contribution in [1.29, 1.82) is 0 Å². The number of nitrogens with zero attached hydrogens (tertiary/aromatic N) is 6. The smallest absolute Gasteiger partial charge is 0.365 e. The maximum Gasteiger partial charge on any atom is 0.394 e. The number of nitrogens with two attached hydrogens (primary N) is 2. The molecule has 384 valence electrons. The maximum atomic E-state index is 12.9. The van der Waals surface area contributed by atoms with Crippen LogP contribution in [0.15, 0.2) is 70.7 Å². The molecule has 2 saturated carbocycles. The number of primary amides is 2. The molecule has 4 heterocycles. The summed E-state index contributed by atoms with van der Waals surface area (Å²) in [5.74, 6) is -3.62. The molecule has 0 atom stereocenters. The molecule has 0 radical (unpaired) electrons. The van der Waals surface area contributed by atoms with E-state index in [-0.39, 0.29) is 59.1 Å². The lowest BCUT2D eigenvalue weighted by atomic mass is 9.76. The largest absolute Gasteiger partial charge is 0.394 e. The molecule has 2 aromatic heterocycles. The molecule has 22 heteroatoms. The number of likely N-dealkylation sites (tertiary alicyclic amines) is 2. The normalized spacial score (nSPS) is 24.3. The molecule has 4 N–H and O–H groups in total. The number of carbonyl (C=O) groups excluding carboxylic acids is 2. The molecule has 0 unspecified atom stereocenters. The number of hydrogen-bond acceptors (Lipinski definition) is 10. The molecule has 14 nitrogen and oxygen atoms in total. The van der Waals surface area contributed by atoms with Crippen molar-refractivity contribution in [2.24, 2.45) is 23.3 Å². The molecule has 2 aliphatic carbocycles. The summed E-state index contributed by atoms with van der Waals surface area (Å²) in [7, 11) is -6.62. The Bertz CT molecular complexity index is 2540. The van der Waals surface area contributed by atoms with Gasteiger partial charge in [-0.2, -0.15) is 36.5 Å². The topological polar surface area (TPSA) is 197 Å². The lowest BCUT2D eigenvalue weighted by Gasteiger charge is -2.49. The third-order valence-electron chi connectivity index (χ3n) is 15.4. The maximum absolute atomic E-state index is 12.9. The molecule has 2 amide bonds. The van der Waals surface area contributed by atoms with Gasteiger partial charge in [-0.15, -0.1) is 0 Å². The Hall–Kier alpha value is -4.80. The van der Waals surface area contributed by atoms with Gasteiger partial charge in [0.05, 0.1) is 55.2 Å². The van der Waals surface area contributed by atoms with E-state index in [2.05, 4.69) is 13.8 Å². The summed E-state index contributed by atoms with van der Waals surface area (Å²) in [6.07, 6.45) is 5.70. The third kappa shape index (κ3) is 11.6. The number of carbonyl (C=O) groups is 2. The van der Waals surface area contributed by atoms with Gasteiger partial charge in [0.25, 0.3) is 11.8 Å². The van der Waals surface area contributed by atoms with Crippen LogP contribution in [0.2, 0.25) is 0 Å². The molecule has 2 aromatic carbocycles. The van der Waals surface area contributed by atoms with E-state index in [1.54, 1.807) is 36.7 Å². The van der Waals surface area contributed by atoms with Gasteiger partial charge in [0.15, 0.2) is 19.7 Å². The Balaban J connectivity index is 0.000000206. The number of sulfone groups is 2. The zero-order chi connectivity index (χ0) is 51.2. The van der Waals surface area contributed by atoms with Crippen molar-refractivity contribution in [2.45, 2.75) is 136 Å². The standard InChI is InChI=1S/2C24H31F3N4O3S/c2*1-3-23(10-8-18(9-11-23)30-13-17(14-30)24(25,26)27)31-15-20(22(28)32)21(29-31)12-16-4-6-19(7-5-16)35(2,33)34/h2*4-7,15,17-18H,3,8-14H2,1-2H3,(H2,28,32). The molecule has 2 aliphatic heterocycles. The van der Waals surface area contributed by atoms with Gasteiger partial charge in [0.1, 0.15) is 0 Å². The van der Waals surface area contributed by atoms with Crippen molar-refractivity contribution in [2.75, 3.05) is 38.7 Å². The number of alkyl halides is 6. The van der Waals surface area contributed by atoms with Crippen LogP contribution in [0.4, 0.5) is 26.3 Å². The lowest BCUT2D eigenvalue weighted by molar-refractivity contribution is -0.216. The minimum atomic E-state index is -4.12. The average molecular weight is 1030 g/mol. The number of aromatic nitrogens is 4. The van der Waals surface area contributed by atoms with Crippen LogP contribution in [0, 0.1) is 11.8 Å². The van der Waals surface area contributed by atoms with Gasteiger partial charge in [-0.1, -0.05) is 38.1 Å². The van der Waals surface area contributed by atoms with E-state index in [9.17, 15) is 52.8 Å². The van der Waals surface area contributed by atoms with E-state index in [0.29, 0.717) is 35.4 Å². The highest BCUT2D eigenvalue weighted by molar-refractivity contribution is 7.91. The Morgan fingerprint density at radius 3 is 1.13 bits per heavy atom. The molecule has 4 aliphatic rings. The minimum absolute atomic E-state index is 0.0726. The summed E-state index contributed by atoms with van der Waals surface area (Å²) in [5.41, 5.74) is 13.9. The highest BCUT2D eigenvalue weighted by Crippen LogP contribution is 2.45. The predicted molar refractivity (Wildman–Crippen MR) is 249 cm³/mol. The van der Waals surface area contributed by atoms with Crippen LogP contribution in [-0.2, 0) is 43.6 Å². The first-order chi connectivity index (χ1) is 32.6. The first-order valence-corrected chi connectivity index (χ1v) is 27.4. The van der Waals surface area contributed by atoms with Crippen molar-refractivity contribution in [3.63, 3.8) is 0 Å². The third-order valence-corrected chi connectivity index (χ3v) is 17.7. The Kier molecular flexibility index (Phi) is 15.2. The van der Waals surface area contributed by atoms with E-state index in [0.717, 1.165) is 87.8 Å². The van der Waals surface area contributed by atoms with Gasteiger partial charge in [-0.3, -0.25) is 28.8 Å². The highest BCUT2D eigenvalue weighted by atomic mass is 32.2. The van der Waals surface area contributed by atoms with Crippen LogP contribution >= 0.6 is 0 Å². The van der Waals surface area contributed by atoms with E-state index < -0.39 is 55.7 Å². The molecule has 4 fully saturated rings. The summed E-state index contributed by atoms with van der Waals surface area (Å²) in [6.45, 7) is 4.40. The molecule has 4 aromatic rings. The fourth-order valence-corrected chi connectivity index (χ4v) is 11.9. The number of benzene rings is 2. The first-order valence-electron chi connectivity index (χ1n) is 23.6. The fourth-order valence-electron chi connectivity index (χ4n) is 10.6. The summed E-state index contributed by atoms with van der Waals surface area (Å²) in [4.78, 5) is 28.6. The molecule has 0 bridgehead atoms. The van der Waals surface area contributed by atoms with Crippen molar-refractivity contribution in [3.05, 3.63) is 94.6 Å². The molecule has 8 rings (SSSR count). The Morgan fingerprint density at radius 1 is 0.586 bits per heavy atom. The highest BCUT2D eigenvalue weighted by Gasteiger charge is 2.51. The first kappa shape index (κ1) is 53.0. The van der Waals surface area contributed by atoms with Gasteiger partial charge in [0.2, 0.25) is 0 Å². The quantitative estimate of drug-likeness (QED) is 0.124. The Labute approximate surface area is 405 Å². The second kappa shape index (κ2) is 20.0. The van der Waals surface area contributed by atoms with Gasteiger partial charge >= 0.3 is 12.4 Å². The zero-order valence-electron chi connectivity index (χ0n) is 39.8. The molecular formula is C48H62F6N8O6S2. The number of hydrogen-bond donors (Lipinski definition) is 2. The van der Waals surface area contributed by atoms with Crippen molar-refractivity contribution in [1.82, 2.24) is 29.4 Å². The van der Waals surface area contributed by atoms with E-state index in [1.807, 2.05) is 19.2 Å². The lowest BCUT2D eigenvalue weighted by Crippen LogP contribution is -2.58. The molecule has 70 heavy (non-hydrogen) atoms. The van der Waals surface area contributed by atoms with Crippen LogP contribution in [0.3, 0.4) is 0 Å². The Morgan fingerprint density at radius 2 is 0.886 bits per heavy atom. The van der Waals surface area contributed by atoms with Crippen LogP contribution in [-0.4, -0.2) is 121 Å². The van der Waals surface area contributed by atoms with Crippen LogP contribution in [0.5, 0.6) is 0 Å². The van der Waals surface area contributed by atoms with Crippen molar-refractivity contribution >= 4 is 31.5 Å². The fraction of sp³-hybridized carbons (Fsp3) is 0.583. The van der Waals surface area contributed by atoms with E-state index >= 15 is 0 Å². The second-order valence-electron chi connectivity index (χ2n) is 19.8. The average Bonchev–Trinajstić information content (AvgIpc) is 3.88. The van der Waals surface area contributed by atoms with Gasteiger partial charge < -0.3 is 11.5 Å². The molecular weight excluding hydrogens is 963 g/mol. The van der Waals surface area contributed by atoms with Gasteiger partial charge in [-0.05, 0) is 99.6 Å². The monoisotopic (exact) mass is 1020 g/mol. The number of rotatable bonds is 14. The predicted octanol–water partition coefficient (Wildman–Crippen LogP) is 7.04. The second-order valence-corrected chi connectivity index (χ2v) is 23.8. The summed E-state index contributed by atoms with van der Waals surface area (Å²) < 4.78 is 128. The van der Waals surface area contributed by atoms with Crippen LogP contribution in [0.1, 0.15) is 121 Å². The minimum Gasteiger partial charge on any atom is -0.365 e. The van der Waals surface area contributed by atoms with Gasteiger partial charge in [0, 0.05) is 76.0 Å². The summed E-state index contributed by atoms with van der Waals surface area (Å²) in [6, 6.07) is 13.2. The summed E-state index contributed by atoms with van der Waals surface area (Å²) in [5, 5.41) is 9.50. The van der Waals surface area contributed by atoms with E-state index in [4.69, 9.17) is 21.7 Å². The number of halogens is 6. The number of amides is 2. The molecule has 0 spiro atoms. The van der Waals surface area contributed by atoms with Crippen LogP contribution in [0.25, 0.3) is 0 Å². The van der Waals surface area contributed by atoms with E-state index in [1.165, 1.54) is 24.3 Å². The van der Waals surface area contributed by atoms with Crippen molar-refractivity contribution in [3.8, 4) is 0 Å². The zero-order valence-corrected chi connectivity index (χ0v) is 41.4. The molecule has 2 saturated heterocycles. The SMILES string of the molecule is CCC1(n2cc(C(N)=O)c(Cc3ccc(S(C)(=O)=O)cc3)n2)CCC(N2CC(C(F)(F)F)C2)CC1.CCC1(n2cc(C(N)=O)c(Cc3ccc(S(C)(=O)=O)cc3)n2)CCC(N2CC(C(F)(F)F)C2)CC1. The van der Waals surface area contributed by atoms with Crippen LogP contribution < -0.4 is 11.5 Å².